The number of carbonyl (C=O) groups excluding carboxylic acids is 1. The summed E-state index contributed by atoms with van der Waals surface area (Å²) in [6, 6.07) is 33.6. The molecule has 2 amide bonds. The van der Waals surface area contributed by atoms with Gasteiger partial charge in [0.05, 0.1) is 32.5 Å². The highest BCUT2D eigenvalue weighted by Gasteiger charge is 2.37. The summed E-state index contributed by atoms with van der Waals surface area (Å²) in [5.74, 6) is 1.23. The van der Waals surface area contributed by atoms with Gasteiger partial charge < -0.3 is 29.7 Å². The van der Waals surface area contributed by atoms with E-state index in [1.54, 1.807) is 0 Å². The van der Waals surface area contributed by atoms with Gasteiger partial charge in [0, 0.05) is 45.1 Å². The Labute approximate surface area is 254 Å². The van der Waals surface area contributed by atoms with Gasteiger partial charge in [-0.05, 0) is 51.6 Å². The van der Waals surface area contributed by atoms with Gasteiger partial charge in [-0.2, -0.15) is 0 Å². The topological polar surface area (TPSA) is 72.1 Å². The summed E-state index contributed by atoms with van der Waals surface area (Å²) in [5.41, 5.74) is 3.56. The van der Waals surface area contributed by atoms with Crippen LogP contribution in [-0.4, -0.2) is 63.0 Å². The lowest BCUT2D eigenvalue weighted by Gasteiger charge is -2.40. The lowest BCUT2D eigenvalue weighted by atomic mass is 9.78. The first kappa shape index (κ1) is 29.2. The van der Waals surface area contributed by atoms with Crippen molar-refractivity contribution in [3.8, 4) is 5.75 Å². The number of carbonyl (C=O) groups is 1. The fraction of sp³-hybridized carbons (Fsp3) is 0.361. The van der Waals surface area contributed by atoms with Crippen molar-refractivity contribution in [1.29, 1.82) is 0 Å². The molecule has 43 heavy (non-hydrogen) atoms. The van der Waals surface area contributed by atoms with Gasteiger partial charge in [0.25, 0.3) is 0 Å². The van der Waals surface area contributed by atoms with E-state index in [1.165, 1.54) is 21.9 Å². The Morgan fingerprint density at radius 1 is 0.791 bits per heavy atom. The van der Waals surface area contributed by atoms with Crippen molar-refractivity contribution in [2.45, 2.75) is 31.7 Å². The average molecular weight is 580 g/mol. The lowest BCUT2D eigenvalue weighted by molar-refractivity contribution is -0.00912. The normalized spacial score (nSPS) is 20.3. The molecule has 2 N–H and O–H groups in total. The molecule has 0 unspecified atom stereocenters. The minimum atomic E-state index is -0.0237. The predicted molar refractivity (Wildman–Crippen MR) is 169 cm³/mol. The van der Waals surface area contributed by atoms with Gasteiger partial charge in [-0.25, -0.2) is 4.79 Å². The molecule has 0 spiro atoms. The van der Waals surface area contributed by atoms with Crippen molar-refractivity contribution in [2.24, 2.45) is 5.92 Å². The highest BCUT2D eigenvalue weighted by atomic mass is 16.5. The Kier molecular flexibility index (Phi) is 9.85. The van der Waals surface area contributed by atoms with Crippen LogP contribution in [0.3, 0.4) is 0 Å². The van der Waals surface area contributed by atoms with Gasteiger partial charge in [0.2, 0.25) is 0 Å². The zero-order valence-electron chi connectivity index (χ0n) is 24.6. The number of hydrogen-bond acceptors (Lipinski definition) is 5. The number of urea groups is 1. The van der Waals surface area contributed by atoms with Crippen molar-refractivity contribution < 1.29 is 19.0 Å². The minimum Gasteiger partial charge on any atom is -0.494 e. The molecule has 0 bridgehead atoms. The Morgan fingerprint density at radius 2 is 1.60 bits per heavy atom. The van der Waals surface area contributed by atoms with Crippen molar-refractivity contribution in [3.63, 3.8) is 0 Å². The third kappa shape index (κ3) is 7.73. The Hall–Kier alpha value is -3.91. The van der Waals surface area contributed by atoms with Crippen LogP contribution < -0.4 is 15.4 Å². The van der Waals surface area contributed by atoms with E-state index in [1.807, 2.05) is 23.1 Å². The lowest BCUT2D eigenvalue weighted by Crippen LogP contribution is -2.50. The van der Waals surface area contributed by atoms with Crippen LogP contribution in [0.25, 0.3) is 10.8 Å². The number of fused-ring (bicyclic) bond motifs is 1. The Bertz CT molecular complexity index is 1460. The quantitative estimate of drug-likeness (QED) is 0.198. The summed E-state index contributed by atoms with van der Waals surface area (Å²) in [5, 5.41) is 8.98. The number of nitrogens with one attached hydrogen (secondary N) is 2. The fourth-order valence-electron chi connectivity index (χ4n) is 6.20. The second kappa shape index (κ2) is 14.5. The number of amides is 2. The maximum atomic E-state index is 12.4. The molecule has 3 atom stereocenters. The molecule has 0 saturated carbocycles. The van der Waals surface area contributed by atoms with E-state index in [4.69, 9.17) is 14.2 Å². The maximum Gasteiger partial charge on any atom is 0.317 e. The highest BCUT2D eigenvalue weighted by molar-refractivity contribution is 5.83. The summed E-state index contributed by atoms with van der Waals surface area (Å²) < 4.78 is 18.5. The number of hydrogen-bond donors (Lipinski definition) is 2. The molecule has 0 aliphatic carbocycles. The van der Waals surface area contributed by atoms with Crippen LogP contribution in [0, 0.1) is 5.92 Å². The van der Waals surface area contributed by atoms with Crippen molar-refractivity contribution in [2.75, 3.05) is 45.9 Å². The zero-order chi connectivity index (χ0) is 29.3. The van der Waals surface area contributed by atoms with Crippen molar-refractivity contribution in [1.82, 2.24) is 15.5 Å². The second-order valence-corrected chi connectivity index (χ2v) is 11.5. The number of piperidine rings is 1. The van der Waals surface area contributed by atoms with E-state index >= 15 is 0 Å². The third-order valence-electron chi connectivity index (χ3n) is 8.42. The summed E-state index contributed by atoms with van der Waals surface area (Å²) >= 11 is 0. The van der Waals surface area contributed by atoms with Crippen LogP contribution in [0.2, 0.25) is 0 Å². The van der Waals surface area contributed by atoms with Crippen LogP contribution in [0.15, 0.2) is 97.1 Å². The molecule has 2 saturated heterocycles. The maximum absolute atomic E-state index is 12.4. The SMILES string of the molecule is O=C1NCCN1C[C@@H]1CNC[C@H](OCc2ccc3ccccc3c2)[C@@H]1c1ccc(OCCCOCc2ccccc2)cc1. The highest BCUT2D eigenvalue weighted by Crippen LogP contribution is 2.35. The molecule has 7 heteroatoms. The van der Waals surface area contributed by atoms with Crippen LogP contribution in [0.1, 0.15) is 29.0 Å². The molecule has 0 aromatic heterocycles. The molecule has 224 valence electrons. The molecule has 0 radical (unpaired) electrons. The monoisotopic (exact) mass is 579 g/mol. The molecule has 6 rings (SSSR count). The Morgan fingerprint density at radius 3 is 2.42 bits per heavy atom. The summed E-state index contributed by atoms with van der Waals surface area (Å²) in [7, 11) is 0. The first-order valence-corrected chi connectivity index (χ1v) is 15.4. The molecule has 2 heterocycles. The van der Waals surface area contributed by atoms with Crippen LogP contribution in [0.4, 0.5) is 4.79 Å². The molecular weight excluding hydrogens is 538 g/mol. The third-order valence-corrected chi connectivity index (χ3v) is 8.42. The van der Waals surface area contributed by atoms with E-state index in [0.29, 0.717) is 39.5 Å². The molecule has 4 aromatic carbocycles. The summed E-state index contributed by atoms with van der Waals surface area (Å²) in [6.45, 7) is 6.17. The van der Waals surface area contributed by atoms with Gasteiger partial charge in [-0.3, -0.25) is 0 Å². The minimum absolute atomic E-state index is 0.0226. The average Bonchev–Trinajstić information content (AvgIpc) is 3.46. The molecular formula is C36H41N3O4. The van der Waals surface area contributed by atoms with Crippen molar-refractivity contribution >= 4 is 16.8 Å². The predicted octanol–water partition coefficient (Wildman–Crippen LogP) is 5.74. The molecule has 2 aliphatic rings. The van der Waals surface area contributed by atoms with Crippen LogP contribution in [0.5, 0.6) is 5.75 Å². The fourth-order valence-corrected chi connectivity index (χ4v) is 6.20. The molecule has 4 aromatic rings. The number of ether oxygens (including phenoxy) is 3. The molecule has 2 aliphatic heterocycles. The first-order chi connectivity index (χ1) is 21.2. The van der Waals surface area contributed by atoms with E-state index in [0.717, 1.165) is 37.4 Å². The van der Waals surface area contributed by atoms with Gasteiger partial charge in [-0.15, -0.1) is 0 Å². The number of nitrogens with zero attached hydrogens (tertiary/aromatic N) is 1. The molecule has 2 fully saturated rings. The smallest absolute Gasteiger partial charge is 0.317 e. The zero-order valence-corrected chi connectivity index (χ0v) is 24.6. The van der Waals surface area contributed by atoms with Crippen LogP contribution >= 0.6 is 0 Å². The van der Waals surface area contributed by atoms with Gasteiger partial charge >= 0.3 is 6.03 Å². The largest absolute Gasteiger partial charge is 0.494 e. The summed E-state index contributed by atoms with van der Waals surface area (Å²) in [4.78, 5) is 14.3. The second-order valence-electron chi connectivity index (χ2n) is 11.5. The van der Waals surface area contributed by atoms with E-state index in [-0.39, 0.29) is 24.0 Å². The standard InChI is InChI=1S/C36H41N3O4/c40-36-38-17-18-39(36)24-32-22-37-23-34(43-26-28-11-12-29-9-4-5-10-31(29)21-28)35(32)30-13-15-33(16-14-30)42-20-6-19-41-25-27-7-2-1-3-8-27/h1-5,7-16,21,32,34-35,37H,6,17-20,22-26H2,(H,38,40)/t32-,34-,35+/m0/s1. The van der Waals surface area contributed by atoms with Gasteiger partial charge in [0.1, 0.15) is 5.75 Å². The van der Waals surface area contributed by atoms with Crippen LogP contribution in [-0.2, 0) is 22.7 Å². The van der Waals surface area contributed by atoms with Gasteiger partial charge in [0.15, 0.2) is 0 Å². The Balaban J connectivity index is 1.08. The number of rotatable bonds is 13. The van der Waals surface area contributed by atoms with E-state index < -0.39 is 0 Å². The summed E-state index contributed by atoms with van der Waals surface area (Å²) in [6.07, 6.45) is 0.803. The first-order valence-electron chi connectivity index (χ1n) is 15.4. The number of benzene rings is 4. The van der Waals surface area contributed by atoms with E-state index in [9.17, 15) is 4.79 Å². The van der Waals surface area contributed by atoms with Crippen molar-refractivity contribution in [3.05, 3.63) is 114 Å². The van der Waals surface area contributed by atoms with E-state index in [2.05, 4.69) is 89.5 Å². The van der Waals surface area contributed by atoms with Gasteiger partial charge in [-0.1, -0.05) is 78.9 Å². The molecule has 7 nitrogen and oxygen atoms in total.